The molecule has 0 radical (unpaired) electrons. The van der Waals surface area contributed by atoms with Crippen LogP contribution in [-0.4, -0.2) is 43.2 Å². The summed E-state index contributed by atoms with van der Waals surface area (Å²) in [5.74, 6) is -1.62. The van der Waals surface area contributed by atoms with Crippen molar-refractivity contribution in [3.8, 4) is 6.07 Å². The molecule has 1 aliphatic carbocycles. The minimum atomic E-state index is -1.90. The summed E-state index contributed by atoms with van der Waals surface area (Å²) < 4.78 is 45.7. The maximum absolute atomic E-state index is 15.2. The van der Waals surface area contributed by atoms with Crippen molar-refractivity contribution in [3.05, 3.63) is 59.2 Å². The molecule has 1 aliphatic rings. The zero-order chi connectivity index (χ0) is 26.1. The van der Waals surface area contributed by atoms with Crippen LogP contribution in [0.2, 0.25) is 0 Å². The van der Waals surface area contributed by atoms with Crippen LogP contribution in [0.1, 0.15) is 56.1 Å². The fourth-order valence-corrected chi connectivity index (χ4v) is 5.04. The fraction of sp³-hybridized carbons (Fsp3) is 0.481. The summed E-state index contributed by atoms with van der Waals surface area (Å²) in [5.41, 5.74) is -0.713. The van der Waals surface area contributed by atoms with E-state index in [4.69, 9.17) is 0 Å². The van der Waals surface area contributed by atoms with Gasteiger partial charge in [-0.05, 0) is 107 Å². The molecular weight excluding hydrogens is 485 g/mol. The van der Waals surface area contributed by atoms with Crippen molar-refractivity contribution in [1.82, 2.24) is 9.62 Å². The number of hydrogen-bond donors (Lipinski definition) is 2. The van der Waals surface area contributed by atoms with Crippen molar-refractivity contribution >= 4 is 23.5 Å². The first-order valence-electron chi connectivity index (χ1n) is 12.3. The largest absolute Gasteiger partial charge is 0.379 e. The Morgan fingerprint density at radius 2 is 1.83 bits per heavy atom. The van der Waals surface area contributed by atoms with E-state index < -0.39 is 17.4 Å². The average Bonchev–Trinajstić information content (AvgIpc) is 2.86. The number of amides is 1. The Balaban J connectivity index is 1.69. The lowest BCUT2D eigenvalue weighted by molar-refractivity contribution is -0.132. The van der Waals surface area contributed by atoms with Crippen LogP contribution in [-0.2, 0) is 11.2 Å². The molecular formula is C27H33F3N4OS. The van der Waals surface area contributed by atoms with E-state index >= 15 is 4.39 Å². The topological polar surface area (TPSA) is 68.2 Å². The summed E-state index contributed by atoms with van der Waals surface area (Å²) in [7, 11) is 3.90. The molecule has 0 saturated heterocycles. The quantitative estimate of drug-likeness (QED) is 0.357. The molecule has 0 spiro atoms. The van der Waals surface area contributed by atoms with E-state index in [1.807, 2.05) is 25.1 Å². The summed E-state index contributed by atoms with van der Waals surface area (Å²) in [4.78, 5) is 14.7. The van der Waals surface area contributed by atoms with E-state index in [2.05, 4.69) is 10.0 Å². The lowest BCUT2D eigenvalue weighted by Crippen LogP contribution is -2.42. The van der Waals surface area contributed by atoms with Gasteiger partial charge >= 0.3 is 0 Å². The second-order valence-corrected chi connectivity index (χ2v) is 10.5. The maximum Gasteiger partial charge on any atom is 0.267 e. The summed E-state index contributed by atoms with van der Waals surface area (Å²) in [5, 5.41) is 12.9. The number of carbonyl (C=O) groups is 1. The molecule has 2 N–H and O–H groups in total. The zero-order valence-corrected chi connectivity index (χ0v) is 21.6. The molecule has 194 valence electrons. The van der Waals surface area contributed by atoms with Gasteiger partial charge in [0.25, 0.3) is 5.91 Å². The lowest BCUT2D eigenvalue weighted by atomic mass is 9.86. The van der Waals surface area contributed by atoms with Crippen LogP contribution in [0.15, 0.2) is 41.3 Å². The normalized spacial score (nSPS) is 15.8. The molecule has 0 heterocycles. The Morgan fingerprint density at radius 3 is 2.47 bits per heavy atom. The van der Waals surface area contributed by atoms with Gasteiger partial charge in [-0.2, -0.15) is 5.26 Å². The van der Waals surface area contributed by atoms with Gasteiger partial charge in [-0.1, -0.05) is 18.6 Å². The summed E-state index contributed by atoms with van der Waals surface area (Å²) >= 11 is 0.819. The Hall–Kier alpha value is -2.70. The number of anilines is 1. The first kappa shape index (κ1) is 27.9. The number of hydrogen-bond acceptors (Lipinski definition) is 5. The molecule has 36 heavy (non-hydrogen) atoms. The van der Waals surface area contributed by atoms with E-state index in [0.29, 0.717) is 37.0 Å². The van der Waals surface area contributed by atoms with Crippen LogP contribution in [0.4, 0.5) is 18.9 Å². The van der Waals surface area contributed by atoms with Gasteiger partial charge in [-0.15, -0.1) is 0 Å². The van der Waals surface area contributed by atoms with Crippen LogP contribution >= 0.6 is 11.9 Å². The molecule has 0 unspecified atom stereocenters. The molecule has 1 atom stereocenters. The number of nitrogens with zero attached hydrogens (tertiary/aromatic N) is 2. The van der Waals surface area contributed by atoms with Crippen molar-refractivity contribution in [2.24, 2.45) is 0 Å². The highest BCUT2D eigenvalue weighted by Gasteiger charge is 2.39. The number of halogens is 3. The summed E-state index contributed by atoms with van der Waals surface area (Å²) in [6.45, 7) is 0.759. The number of nitrogens with one attached hydrogen (secondary N) is 2. The molecule has 0 aliphatic heterocycles. The first-order valence-corrected chi connectivity index (χ1v) is 13.1. The lowest BCUT2D eigenvalue weighted by Gasteiger charge is -2.27. The van der Waals surface area contributed by atoms with Crippen molar-refractivity contribution in [1.29, 1.82) is 5.26 Å². The highest BCUT2D eigenvalue weighted by atomic mass is 32.2. The molecule has 1 fully saturated rings. The molecule has 5 nitrogen and oxygen atoms in total. The monoisotopic (exact) mass is 518 g/mol. The number of benzene rings is 2. The predicted octanol–water partition coefficient (Wildman–Crippen LogP) is 6.00. The van der Waals surface area contributed by atoms with Gasteiger partial charge in [0.1, 0.15) is 17.7 Å². The van der Waals surface area contributed by atoms with E-state index in [1.54, 1.807) is 12.1 Å². The Bertz CT molecular complexity index is 1070. The molecule has 1 saturated carbocycles. The second-order valence-electron chi connectivity index (χ2n) is 9.60. The third-order valence-electron chi connectivity index (χ3n) is 6.47. The number of rotatable bonds is 11. The number of nitriles is 1. The predicted molar refractivity (Wildman–Crippen MR) is 137 cm³/mol. The van der Waals surface area contributed by atoms with E-state index in [-0.39, 0.29) is 36.0 Å². The van der Waals surface area contributed by atoms with Crippen molar-refractivity contribution in [3.63, 3.8) is 0 Å². The summed E-state index contributed by atoms with van der Waals surface area (Å²) in [6.07, 6.45) is 4.66. The highest BCUT2D eigenvalue weighted by Crippen LogP contribution is 2.33. The maximum atomic E-state index is 15.2. The van der Waals surface area contributed by atoms with Crippen LogP contribution in [0.5, 0.6) is 0 Å². The van der Waals surface area contributed by atoms with Gasteiger partial charge in [-0.3, -0.25) is 9.52 Å². The smallest absolute Gasteiger partial charge is 0.267 e. The van der Waals surface area contributed by atoms with Gasteiger partial charge in [0.05, 0.1) is 11.3 Å². The molecule has 2 aromatic rings. The first-order chi connectivity index (χ1) is 17.2. The van der Waals surface area contributed by atoms with Gasteiger partial charge in [-0.25, -0.2) is 13.2 Å². The van der Waals surface area contributed by atoms with Gasteiger partial charge < -0.3 is 10.2 Å². The molecule has 3 rings (SSSR count). The molecule has 0 aromatic heterocycles. The Labute approximate surface area is 215 Å². The van der Waals surface area contributed by atoms with Crippen LogP contribution in [0, 0.1) is 23.0 Å². The van der Waals surface area contributed by atoms with E-state index in [1.165, 1.54) is 24.3 Å². The average molecular weight is 519 g/mol. The standard InChI is InChI=1S/C27H33F3N4OS/c1-34(2)15-12-22(11-8-19-6-9-21(28)10-7-19)32-25-20(18-31)16-23(17-24(25)29)36-33-26(35)27(30)13-4-3-5-14-27/h6-7,9-10,16-17,22,32H,3-5,8,11-15H2,1-2H3,(H,33,35)/t22-/m0/s1. The van der Waals surface area contributed by atoms with Crippen LogP contribution in [0.25, 0.3) is 0 Å². The minimum Gasteiger partial charge on any atom is -0.379 e. The molecule has 9 heteroatoms. The number of alkyl halides is 1. The van der Waals surface area contributed by atoms with Crippen molar-refractivity contribution < 1.29 is 18.0 Å². The van der Waals surface area contributed by atoms with E-state index in [0.717, 1.165) is 30.5 Å². The highest BCUT2D eigenvalue weighted by molar-refractivity contribution is 7.98. The number of carbonyl (C=O) groups excluding carboxylic acids is 1. The van der Waals surface area contributed by atoms with Gasteiger partial charge in [0.15, 0.2) is 5.67 Å². The SMILES string of the molecule is CN(C)CC[C@H](CCc1ccc(F)cc1)Nc1c(F)cc(SNC(=O)C2(F)CCCCC2)cc1C#N. The van der Waals surface area contributed by atoms with Crippen LogP contribution < -0.4 is 10.0 Å². The third-order valence-corrected chi connectivity index (χ3v) is 7.23. The van der Waals surface area contributed by atoms with Crippen molar-refractivity contribution in [2.75, 3.05) is 26.0 Å². The van der Waals surface area contributed by atoms with Gasteiger partial charge in [0, 0.05) is 10.9 Å². The summed E-state index contributed by atoms with van der Waals surface area (Å²) in [6, 6.07) is 10.9. The Kier molecular flexibility index (Phi) is 10.1. The molecule has 0 bridgehead atoms. The minimum absolute atomic E-state index is 0.102. The van der Waals surface area contributed by atoms with E-state index in [9.17, 15) is 18.8 Å². The van der Waals surface area contributed by atoms with Gasteiger partial charge in [0.2, 0.25) is 0 Å². The fourth-order valence-electron chi connectivity index (χ4n) is 4.31. The number of aryl methyl sites for hydroxylation is 1. The molecule has 2 aromatic carbocycles. The van der Waals surface area contributed by atoms with Crippen LogP contribution in [0.3, 0.4) is 0 Å². The Morgan fingerprint density at radius 1 is 1.14 bits per heavy atom. The van der Waals surface area contributed by atoms with Crippen molar-refractivity contribution in [2.45, 2.75) is 68.0 Å². The molecule has 1 amide bonds. The third kappa shape index (κ3) is 7.90. The zero-order valence-electron chi connectivity index (χ0n) is 20.8. The second kappa shape index (κ2) is 13.0.